The zero-order chi connectivity index (χ0) is 11.9. The lowest BCUT2D eigenvalue weighted by Crippen LogP contribution is -2.35. The molecule has 0 amide bonds. The van der Waals surface area contributed by atoms with E-state index in [9.17, 15) is 0 Å². The number of anilines is 1. The van der Waals surface area contributed by atoms with Crippen LogP contribution >= 0.6 is 11.3 Å². The Kier molecular flexibility index (Phi) is 2.48. The van der Waals surface area contributed by atoms with Crippen LogP contribution in [0, 0.1) is 0 Å². The first-order valence-corrected chi connectivity index (χ1v) is 7.47. The molecule has 1 N–H and O–H groups in total. The molecule has 4 rings (SSSR count). The van der Waals surface area contributed by atoms with Crippen LogP contribution < -0.4 is 10.2 Å². The fourth-order valence-corrected chi connectivity index (χ4v) is 4.00. The number of rotatable bonds is 1. The van der Waals surface area contributed by atoms with Crippen molar-refractivity contribution in [2.75, 3.05) is 18.0 Å². The van der Waals surface area contributed by atoms with Gasteiger partial charge in [0, 0.05) is 25.2 Å². The highest BCUT2D eigenvalue weighted by molar-refractivity contribution is 7.17. The number of hydrogen-bond acceptors (Lipinski definition) is 5. The average molecular weight is 260 g/mol. The van der Waals surface area contributed by atoms with E-state index >= 15 is 0 Å². The van der Waals surface area contributed by atoms with E-state index in [-0.39, 0.29) is 0 Å². The summed E-state index contributed by atoms with van der Waals surface area (Å²) in [5.74, 6) is 1.13. The van der Waals surface area contributed by atoms with Crippen molar-refractivity contribution in [3.8, 4) is 0 Å². The maximum atomic E-state index is 4.53. The van der Waals surface area contributed by atoms with Crippen molar-refractivity contribution in [3.63, 3.8) is 0 Å². The van der Waals surface area contributed by atoms with Gasteiger partial charge in [0.05, 0.1) is 10.2 Å². The van der Waals surface area contributed by atoms with Crippen molar-refractivity contribution in [3.05, 3.63) is 17.8 Å². The molecule has 2 aromatic heterocycles. The third-order valence-electron chi connectivity index (χ3n) is 4.05. The quantitative estimate of drug-likeness (QED) is 0.851. The second kappa shape index (κ2) is 4.17. The molecular weight excluding hydrogens is 244 g/mol. The van der Waals surface area contributed by atoms with E-state index in [2.05, 4.69) is 31.6 Å². The van der Waals surface area contributed by atoms with Gasteiger partial charge in [0.25, 0.3) is 0 Å². The number of nitrogens with zero attached hydrogens (tertiary/aromatic N) is 3. The molecule has 0 aliphatic carbocycles. The monoisotopic (exact) mass is 260 g/mol. The molecule has 4 heterocycles. The summed E-state index contributed by atoms with van der Waals surface area (Å²) < 4.78 is 1.23. The number of hydrogen-bond donors (Lipinski definition) is 1. The molecule has 0 aromatic carbocycles. The summed E-state index contributed by atoms with van der Waals surface area (Å²) in [5, 5.41) is 5.82. The second-order valence-corrected chi connectivity index (χ2v) is 6.12. The van der Waals surface area contributed by atoms with Gasteiger partial charge in [-0.05, 0) is 30.7 Å². The van der Waals surface area contributed by atoms with Crippen LogP contribution in [-0.2, 0) is 0 Å². The molecule has 0 radical (unpaired) electrons. The summed E-state index contributed by atoms with van der Waals surface area (Å²) in [4.78, 5) is 11.3. The van der Waals surface area contributed by atoms with Gasteiger partial charge in [0.2, 0.25) is 0 Å². The first kappa shape index (κ1) is 10.7. The van der Waals surface area contributed by atoms with Crippen LogP contribution in [0.4, 0.5) is 5.82 Å². The molecule has 2 fully saturated rings. The van der Waals surface area contributed by atoms with E-state index in [4.69, 9.17) is 0 Å². The van der Waals surface area contributed by atoms with E-state index in [0.29, 0.717) is 6.04 Å². The second-order valence-electron chi connectivity index (χ2n) is 5.20. The van der Waals surface area contributed by atoms with E-state index in [0.717, 1.165) is 30.5 Å². The lowest BCUT2D eigenvalue weighted by atomic mass is 10.1. The molecule has 5 heteroatoms. The van der Waals surface area contributed by atoms with E-state index in [1.54, 1.807) is 17.7 Å². The standard InChI is InChI=1S/C13H16N4S/c1-2-10-7-17(5-3-9(1)16-10)13-12-11(4-6-18-12)14-8-15-13/h4,6,8-10,16H,1-3,5,7H2. The van der Waals surface area contributed by atoms with E-state index in [1.807, 2.05) is 0 Å². The number of nitrogens with one attached hydrogen (secondary N) is 1. The minimum absolute atomic E-state index is 0.641. The lowest BCUT2D eigenvalue weighted by Gasteiger charge is -2.25. The zero-order valence-corrected chi connectivity index (χ0v) is 11.0. The molecule has 94 valence electrons. The molecule has 2 atom stereocenters. The van der Waals surface area contributed by atoms with Gasteiger partial charge in [-0.15, -0.1) is 11.3 Å². The summed E-state index contributed by atoms with van der Waals surface area (Å²) >= 11 is 1.75. The number of aromatic nitrogens is 2. The van der Waals surface area contributed by atoms with Gasteiger partial charge < -0.3 is 10.2 Å². The predicted octanol–water partition coefficient (Wildman–Crippen LogP) is 2.02. The third-order valence-corrected chi connectivity index (χ3v) is 4.95. The smallest absolute Gasteiger partial charge is 0.150 e. The first-order chi connectivity index (χ1) is 8.90. The van der Waals surface area contributed by atoms with Crippen LogP contribution in [0.5, 0.6) is 0 Å². The van der Waals surface area contributed by atoms with Gasteiger partial charge in [-0.3, -0.25) is 0 Å². The number of thiophene rings is 1. The fourth-order valence-electron chi connectivity index (χ4n) is 3.14. The number of fused-ring (bicyclic) bond motifs is 3. The molecule has 0 saturated carbocycles. The van der Waals surface area contributed by atoms with Crippen LogP contribution in [0.25, 0.3) is 10.2 Å². The Morgan fingerprint density at radius 3 is 3.17 bits per heavy atom. The molecular formula is C13H16N4S. The maximum Gasteiger partial charge on any atom is 0.150 e. The summed E-state index contributed by atoms with van der Waals surface area (Å²) in [6.45, 7) is 2.19. The SMILES string of the molecule is c1nc(N2CCC3CCC(C2)N3)c2sccc2n1. The van der Waals surface area contributed by atoms with Crippen LogP contribution in [0.15, 0.2) is 17.8 Å². The Balaban J connectivity index is 1.71. The van der Waals surface area contributed by atoms with E-state index < -0.39 is 0 Å². The topological polar surface area (TPSA) is 41.1 Å². The Morgan fingerprint density at radius 2 is 2.17 bits per heavy atom. The molecule has 0 spiro atoms. The Labute approximate surface area is 110 Å². The van der Waals surface area contributed by atoms with Crippen molar-refractivity contribution in [1.82, 2.24) is 15.3 Å². The maximum absolute atomic E-state index is 4.53. The fraction of sp³-hybridized carbons (Fsp3) is 0.538. The van der Waals surface area contributed by atoms with Crippen LogP contribution in [-0.4, -0.2) is 35.1 Å². The summed E-state index contributed by atoms with van der Waals surface area (Å²) in [7, 11) is 0. The molecule has 2 unspecified atom stereocenters. The lowest BCUT2D eigenvalue weighted by molar-refractivity contribution is 0.563. The van der Waals surface area contributed by atoms with Gasteiger partial charge in [-0.2, -0.15) is 0 Å². The minimum atomic E-state index is 0.641. The van der Waals surface area contributed by atoms with Crippen molar-refractivity contribution >= 4 is 27.4 Å². The van der Waals surface area contributed by atoms with Crippen LogP contribution in [0.3, 0.4) is 0 Å². The molecule has 2 aliphatic rings. The predicted molar refractivity (Wildman–Crippen MR) is 74.2 cm³/mol. The summed E-state index contributed by atoms with van der Waals surface area (Å²) in [6, 6.07) is 3.44. The van der Waals surface area contributed by atoms with Gasteiger partial charge >= 0.3 is 0 Å². The molecule has 2 bridgehead atoms. The highest BCUT2D eigenvalue weighted by Crippen LogP contribution is 2.30. The normalized spacial score (nSPS) is 27.7. The van der Waals surface area contributed by atoms with Gasteiger partial charge in [0.15, 0.2) is 0 Å². The zero-order valence-electron chi connectivity index (χ0n) is 10.2. The highest BCUT2D eigenvalue weighted by Gasteiger charge is 2.30. The summed E-state index contributed by atoms with van der Waals surface area (Å²) in [6.07, 6.45) is 5.57. The minimum Gasteiger partial charge on any atom is -0.354 e. The van der Waals surface area contributed by atoms with Gasteiger partial charge in [0.1, 0.15) is 12.1 Å². The van der Waals surface area contributed by atoms with Crippen LogP contribution in [0.1, 0.15) is 19.3 Å². The Hall–Kier alpha value is -1.20. The highest BCUT2D eigenvalue weighted by atomic mass is 32.1. The Morgan fingerprint density at radius 1 is 1.22 bits per heavy atom. The molecule has 2 saturated heterocycles. The molecule has 2 aromatic rings. The molecule has 18 heavy (non-hydrogen) atoms. The Bertz CT molecular complexity index is 567. The van der Waals surface area contributed by atoms with Crippen molar-refractivity contribution in [1.29, 1.82) is 0 Å². The summed E-state index contributed by atoms with van der Waals surface area (Å²) in [5.41, 5.74) is 1.08. The van der Waals surface area contributed by atoms with Crippen molar-refractivity contribution in [2.45, 2.75) is 31.3 Å². The first-order valence-electron chi connectivity index (χ1n) is 6.59. The van der Waals surface area contributed by atoms with Crippen LogP contribution in [0.2, 0.25) is 0 Å². The van der Waals surface area contributed by atoms with E-state index in [1.165, 1.54) is 24.0 Å². The average Bonchev–Trinajstić information content (AvgIpc) is 2.95. The van der Waals surface area contributed by atoms with Gasteiger partial charge in [-0.1, -0.05) is 0 Å². The molecule has 2 aliphatic heterocycles. The van der Waals surface area contributed by atoms with Crippen molar-refractivity contribution < 1.29 is 0 Å². The largest absolute Gasteiger partial charge is 0.354 e. The third kappa shape index (κ3) is 1.69. The molecule has 4 nitrogen and oxygen atoms in total. The van der Waals surface area contributed by atoms with Crippen molar-refractivity contribution in [2.24, 2.45) is 0 Å². The van der Waals surface area contributed by atoms with Gasteiger partial charge in [-0.25, -0.2) is 9.97 Å².